The average molecular weight is 408 g/mol. The van der Waals surface area contributed by atoms with Gasteiger partial charge in [-0.3, -0.25) is 4.99 Å². The van der Waals surface area contributed by atoms with Crippen LogP contribution in [-0.4, -0.2) is 84.0 Å². The molecule has 0 aromatic carbocycles. The van der Waals surface area contributed by atoms with Gasteiger partial charge in [-0.2, -0.15) is 4.37 Å². The van der Waals surface area contributed by atoms with Gasteiger partial charge in [0.1, 0.15) is 5.82 Å². The van der Waals surface area contributed by atoms with Crippen LogP contribution in [0.5, 0.6) is 0 Å². The Morgan fingerprint density at radius 2 is 2.00 bits per heavy atom. The summed E-state index contributed by atoms with van der Waals surface area (Å²) in [4.78, 5) is 16.5. The molecule has 0 bridgehead atoms. The minimum Gasteiger partial charge on any atom is -0.356 e. The molecule has 1 aromatic rings. The van der Waals surface area contributed by atoms with E-state index in [1.54, 1.807) is 0 Å². The summed E-state index contributed by atoms with van der Waals surface area (Å²) in [6, 6.07) is 0.771. The number of hydrogen-bond donors (Lipinski definition) is 1. The number of likely N-dealkylation sites (tertiary alicyclic amines) is 1. The van der Waals surface area contributed by atoms with Crippen molar-refractivity contribution in [1.29, 1.82) is 0 Å². The number of nitrogens with zero attached hydrogens (tertiary/aromatic N) is 6. The lowest BCUT2D eigenvalue weighted by Crippen LogP contribution is -2.52. The number of rotatable bonds is 7. The molecule has 3 rings (SSSR count). The zero-order chi connectivity index (χ0) is 19.8. The van der Waals surface area contributed by atoms with Crippen LogP contribution in [-0.2, 0) is 6.42 Å². The summed E-state index contributed by atoms with van der Waals surface area (Å²) in [7, 11) is 1.89. The molecule has 0 saturated carbocycles. The van der Waals surface area contributed by atoms with Gasteiger partial charge in [-0.1, -0.05) is 13.3 Å². The van der Waals surface area contributed by atoms with Crippen LogP contribution in [0.3, 0.4) is 0 Å². The van der Waals surface area contributed by atoms with Gasteiger partial charge in [0.25, 0.3) is 0 Å². The third kappa shape index (κ3) is 5.80. The molecule has 0 radical (unpaired) electrons. The fraction of sp³-hybridized carbons (Fsp3) is 0.850. The highest BCUT2D eigenvalue weighted by Crippen LogP contribution is 2.19. The lowest BCUT2D eigenvalue weighted by atomic mass is 10.0. The predicted octanol–water partition coefficient (Wildman–Crippen LogP) is 2.45. The number of guanidine groups is 1. The van der Waals surface area contributed by atoms with Crippen LogP contribution < -0.4 is 10.2 Å². The summed E-state index contributed by atoms with van der Waals surface area (Å²) in [6.07, 6.45) is 7.52. The van der Waals surface area contributed by atoms with Gasteiger partial charge < -0.3 is 20.0 Å². The molecule has 2 fully saturated rings. The molecular weight excluding hydrogens is 370 g/mol. The molecule has 1 aromatic heterocycles. The second-order valence-electron chi connectivity index (χ2n) is 7.88. The molecule has 2 aliphatic rings. The van der Waals surface area contributed by atoms with E-state index in [0.29, 0.717) is 0 Å². The maximum atomic E-state index is 4.62. The second-order valence-corrected chi connectivity index (χ2v) is 8.61. The molecular formula is C20H37N7S. The monoisotopic (exact) mass is 407 g/mol. The molecule has 8 heteroatoms. The van der Waals surface area contributed by atoms with E-state index in [1.165, 1.54) is 56.7 Å². The number of aryl methyl sites for hydroxylation is 1. The molecule has 1 N–H and O–H groups in total. The lowest BCUT2D eigenvalue weighted by Gasteiger charge is -2.36. The number of aromatic nitrogens is 2. The summed E-state index contributed by atoms with van der Waals surface area (Å²) in [5.74, 6) is 2.00. The molecule has 3 heterocycles. The van der Waals surface area contributed by atoms with Gasteiger partial charge in [-0.25, -0.2) is 4.98 Å². The van der Waals surface area contributed by atoms with Crippen LogP contribution in [0.2, 0.25) is 0 Å². The number of piperidine rings is 1. The van der Waals surface area contributed by atoms with Gasteiger partial charge in [0.05, 0.1) is 0 Å². The van der Waals surface area contributed by atoms with Crippen molar-refractivity contribution in [2.75, 3.05) is 57.8 Å². The predicted molar refractivity (Wildman–Crippen MR) is 119 cm³/mol. The fourth-order valence-electron chi connectivity index (χ4n) is 4.09. The molecule has 7 nitrogen and oxygen atoms in total. The molecule has 158 valence electrons. The molecule has 1 atom stereocenters. The first kappa shape index (κ1) is 21.3. The van der Waals surface area contributed by atoms with E-state index in [2.05, 4.69) is 48.2 Å². The quantitative estimate of drug-likeness (QED) is 0.426. The standard InChI is InChI=1S/C20H37N7S/c1-4-18-23-20(28-24-18)27-15-13-26(14-16-27)19(21-3)22-10-6-8-12-25-11-7-5-9-17(25)2/h17H,4-16H2,1-3H3,(H,21,22). The SMILES string of the molecule is CCc1nsc(N2CCN(C(=NC)NCCCCN3CCCCC3C)CC2)n1. The number of unbranched alkanes of at least 4 members (excludes halogenated alkanes) is 1. The topological polar surface area (TPSA) is 59.9 Å². The highest BCUT2D eigenvalue weighted by atomic mass is 32.1. The first-order valence-corrected chi connectivity index (χ1v) is 11.8. The third-order valence-electron chi connectivity index (χ3n) is 5.93. The number of hydrogen-bond acceptors (Lipinski definition) is 6. The Hall–Kier alpha value is -1.41. The Morgan fingerprint density at radius 3 is 2.68 bits per heavy atom. The molecule has 0 amide bonds. The van der Waals surface area contributed by atoms with Gasteiger partial charge in [0, 0.05) is 63.8 Å². The first-order chi connectivity index (χ1) is 13.7. The van der Waals surface area contributed by atoms with E-state index in [0.717, 1.165) is 62.1 Å². The Balaban J connectivity index is 1.34. The minimum atomic E-state index is 0.771. The van der Waals surface area contributed by atoms with Gasteiger partial charge >= 0.3 is 0 Å². The average Bonchev–Trinajstić information content (AvgIpc) is 3.21. The van der Waals surface area contributed by atoms with E-state index in [9.17, 15) is 0 Å². The molecule has 28 heavy (non-hydrogen) atoms. The van der Waals surface area contributed by atoms with Crippen LogP contribution in [0.4, 0.5) is 5.13 Å². The van der Waals surface area contributed by atoms with E-state index in [-0.39, 0.29) is 0 Å². The van der Waals surface area contributed by atoms with Gasteiger partial charge in [-0.05, 0) is 45.7 Å². The molecule has 1 unspecified atom stereocenters. The number of aliphatic imine (C=N–C) groups is 1. The van der Waals surface area contributed by atoms with Gasteiger partial charge in [0.2, 0.25) is 5.13 Å². The Labute approximate surface area is 174 Å². The summed E-state index contributed by atoms with van der Waals surface area (Å²) >= 11 is 1.52. The van der Waals surface area contributed by atoms with Crippen LogP contribution >= 0.6 is 11.5 Å². The van der Waals surface area contributed by atoms with Crippen molar-refractivity contribution in [2.45, 2.75) is 58.4 Å². The second kappa shape index (κ2) is 11.0. The Bertz CT molecular complexity index is 609. The number of nitrogens with one attached hydrogen (secondary N) is 1. The van der Waals surface area contributed by atoms with Crippen LogP contribution in [0.25, 0.3) is 0 Å². The van der Waals surface area contributed by atoms with Crippen LogP contribution in [0.15, 0.2) is 4.99 Å². The van der Waals surface area contributed by atoms with E-state index in [1.807, 2.05) is 7.05 Å². The highest BCUT2D eigenvalue weighted by molar-refractivity contribution is 7.09. The Kier molecular flexibility index (Phi) is 8.33. The minimum absolute atomic E-state index is 0.771. The largest absolute Gasteiger partial charge is 0.356 e. The van der Waals surface area contributed by atoms with Gasteiger partial charge in [0.15, 0.2) is 5.96 Å². The number of anilines is 1. The molecule has 0 aliphatic carbocycles. The van der Waals surface area contributed by atoms with E-state index < -0.39 is 0 Å². The van der Waals surface area contributed by atoms with Crippen LogP contribution in [0, 0.1) is 0 Å². The van der Waals surface area contributed by atoms with Crippen molar-refractivity contribution >= 4 is 22.6 Å². The van der Waals surface area contributed by atoms with Crippen molar-refractivity contribution in [3.8, 4) is 0 Å². The number of piperazine rings is 1. The van der Waals surface area contributed by atoms with Crippen molar-refractivity contribution < 1.29 is 0 Å². The first-order valence-electron chi connectivity index (χ1n) is 11.0. The molecule has 0 spiro atoms. The van der Waals surface area contributed by atoms with Crippen molar-refractivity contribution in [3.05, 3.63) is 5.82 Å². The van der Waals surface area contributed by atoms with Crippen molar-refractivity contribution in [3.63, 3.8) is 0 Å². The third-order valence-corrected chi connectivity index (χ3v) is 6.75. The van der Waals surface area contributed by atoms with Crippen LogP contribution in [0.1, 0.15) is 51.8 Å². The smallest absolute Gasteiger partial charge is 0.205 e. The highest BCUT2D eigenvalue weighted by Gasteiger charge is 2.22. The van der Waals surface area contributed by atoms with Gasteiger partial charge in [-0.15, -0.1) is 0 Å². The fourth-order valence-corrected chi connectivity index (χ4v) is 4.89. The zero-order valence-electron chi connectivity index (χ0n) is 17.9. The Morgan fingerprint density at radius 1 is 1.18 bits per heavy atom. The van der Waals surface area contributed by atoms with Crippen molar-refractivity contribution in [2.24, 2.45) is 4.99 Å². The summed E-state index contributed by atoms with van der Waals surface area (Å²) in [6.45, 7) is 11.9. The normalized spacial score (nSPS) is 22.0. The molecule has 2 aliphatic heterocycles. The molecule has 2 saturated heterocycles. The van der Waals surface area contributed by atoms with Crippen molar-refractivity contribution in [1.82, 2.24) is 24.5 Å². The summed E-state index contributed by atoms with van der Waals surface area (Å²) in [5, 5.41) is 4.63. The van der Waals surface area contributed by atoms with E-state index >= 15 is 0 Å². The summed E-state index contributed by atoms with van der Waals surface area (Å²) < 4.78 is 4.41. The van der Waals surface area contributed by atoms with E-state index in [4.69, 9.17) is 0 Å². The summed E-state index contributed by atoms with van der Waals surface area (Å²) in [5.41, 5.74) is 0. The maximum Gasteiger partial charge on any atom is 0.205 e. The zero-order valence-corrected chi connectivity index (χ0v) is 18.7. The maximum absolute atomic E-state index is 4.62. The lowest BCUT2D eigenvalue weighted by molar-refractivity contribution is 0.158.